The fourth-order valence-electron chi connectivity index (χ4n) is 1.42. The number of nitrogens with one attached hydrogen (secondary N) is 1. The Morgan fingerprint density at radius 3 is 2.92 bits per heavy atom. The first-order chi connectivity index (χ1) is 6.27. The summed E-state index contributed by atoms with van der Waals surface area (Å²) in [5.74, 6) is 1.09. The maximum absolute atomic E-state index is 4.35. The normalized spacial score (nSPS) is 16.0. The molecule has 1 aliphatic heterocycles. The third-order valence-corrected chi connectivity index (χ3v) is 2.39. The molecule has 1 N–H and O–H groups in total. The van der Waals surface area contributed by atoms with Crippen LogP contribution in [0.5, 0.6) is 0 Å². The Kier molecular flexibility index (Phi) is 2.04. The van der Waals surface area contributed by atoms with Gasteiger partial charge in [-0.15, -0.1) is 0 Å². The second kappa shape index (κ2) is 3.20. The van der Waals surface area contributed by atoms with Gasteiger partial charge in [-0.3, -0.25) is 9.67 Å². The minimum atomic E-state index is 0.960. The highest BCUT2D eigenvalue weighted by molar-refractivity contribution is 5.96. The first-order valence-electron chi connectivity index (χ1n) is 4.56. The Bertz CT molecular complexity index is 337. The van der Waals surface area contributed by atoms with E-state index >= 15 is 0 Å². The molecule has 0 amide bonds. The molecule has 0 bridgehead atoms. The molecule has 0 saturated carbocycles. The zero-order valence-corrected chi connectivity index (χ0v) is 8.04. The lowest BCUT2D eigenvalue weighted by molar-refractivity contribution is 0.740. The number of anilines is 1. The summed E-state index contributed by atoms with van der Waals surface area (Å²) < 4.78 is 1.86. The molecule has 0 unspecified atom stereocenters. The van der Waals surface area contributed by atoms with E-state index in [1.54, 1.807) is 0 Å². The standard InChI is InChI=1S/C9H14N4/c1-7-8(6-11-13(7)2)12-9-4-3-5-10-9/h6H,3-5H2,1-2H3,(H,10,12). The maximum Gasteiger partial charge on any atom is 0.101 e. The Morgan fingerprint density at radius 2 is 2.38 bits per heavy atom. The first-order valence-corrected chi connectivity index (χ1v) is 4.56. The molecule has 0 fully saturated rings. The molecular weight excluding hydrogens is 164 g/mol. The highest BCUT2D eigenvalue weighted by Gasteiger charge is 2.09. The molecule has 0 spiro atoms. The van der Waals surface area contributed by atoms with Gasteiger partial charge in [0.1, 0.15) is 5.84 Å². The Hall–Kier alpha value is -1.32. The van der Waals surface area contributed by atoms with Crippen LogP contribution >= 0.6 is 0 Å². The van der Waals surface area contributed by atoms with E-state index in [1.807, 2.05) is 24.9 Å². The van der Waals surface area contributed by atoms with Crippen LogP contribution in [0, 0.1) is 6.92 Å². The van der Waals surface area contributed by atoms with Crippen molar-refractivity contribution in [3.05, 3.63) is 11.9 Å². The van der Waals surface area contributed by atoms with Crippen LogP contribution in [0.4, 0.5) is 5.69 Å². The minimum absolute atomic E-state index is 0.960. The van der Waals surface area contributed by atoms with Crippen LogP contribution in [0.2, 0.25) is 0 Å². The van der Waals surface area contributed by atoms with Crippen LogP contribution < -0.4 is 5.32 Å². The Balaban J connectivity index is 2.13. The SMILES string of the molecule is Cc1c(NC2=NCCC2)cnn1C. The summed E-state index contributed by atoms with van der Waals surface area (Å²) >= 11 is 0. The van der Waals surface area contributed by atoms with Gasteiger partial charge in [0.15, 0.2) is 0 Å². The van der Waals surface area contributed by atoms with Crippen LogP contribution in [0.3, 0.4) is 0 Å². The van der Waals surface area contributed by atoms with Gasteiger partial charge in [-0.1, -0.05) is 0 Å². The zero-order chi connectivity index (χ0) is 9.26. The molecule has 13 heavy (non-hydrogen) atoms. The van der Waals surface area contributed by atoms with Gasteiger partial charge in [-0.05, 0) is 13.3 Å². The lowest BCUT2D eigenvalue weighted by Crippen LogP contribution is -2.08. The average Bonchev–Trinajstić information content (AvgIpc) is 2.71. The van der Waals surface area contributed by atoms with Crippen LogP contribution in [0.15, 0.2) is 11.2 Å². The Labute approximate surface area is 77.7 Å². The van der Waals surface area contributed by atoms with Gasteiger partial charge in [0, 0.05) is 20.0 Å². The minimum Gasteiger partial charge on any atom is -0.341 e. The molecule has 2 rings (SSSR count). The smallest absolute Gasteiger partial charge is 0.101 e. The molecule has 2 heterocycles. The van der Waals surface area contributed by atoms with Gasteiger partial charge in [0.05, 0.1) is 17.6 Å². The summed E-state index contributed by atoms with van der Waals surface area (Å²) in [6, 6.07) is 0. The molecule has 1 aliphatic rings. The predicted octanol–water partition coefficient (Wildman–Crippen LogP) is 1.33. The molecule has 0 saturated heterocycles. The van der Waals surface area contributed by atoms with E-state index in [1.165, 1.54) is 6.42 Å². The van der Waals surface area contributed by atoms with E-state index in [9.17, 15) is 0 Å². The van der Waals surface area contributed by atoms with Gasteiger partial charge in [0.2, 0.25) is 0 Å². The lowest BCUT2D eigenvalue weighted by Gasteiger charge is -2.03. The number of aliphatic imine (C=N–C) groups is 1. The van der Waals surface area contributed by atoms with E-state index in [-0.39, 0.29) is 0 Å². The number of amidine groups is 1. The summed E-state index contributed by atoms with van der Waals surface area (Å²) in [5, 5.41) is 7.45. The lowest BCUT2D eigenvalue weighted by atomic mass is 10.3. The largest absolute Gasteiger partial charge is 0.341 e. The van der Waals surface area contributed by atoms with Crippen molar-refractivity contribution in [3.63, 3.8) is 0 Å². The highest BCUT2D eigenvalue weighted by atomic mass is 15.3. The molecule has 0 aromatic carbocycles. The number of rotatable bonds is 1. The van der Waals surface area contributed by atoms with Crippen molar-refractivity contribution in [1.82, 2.24) is 9.78 Å². The summed E-state index contributed by atoms with van der Waals surface area (Å²) in [6.07, 6.45) is 4.08. The van der Waals surface area contributed by atoms with Gasteiger partial charge >= 0.3 is 0 Å². The van der Waals surface area contributed by atoms with E-state index in [0.717, 1.165) is 30.2 Å². The zero-order valence-electron chi connectivity index (χ0n) is 8.04. The van der Waals surface area contributed by atoms with Crippen molar-refractivity contribution in [2.24, 2.45) is 12.0 Å². The van der Waals surface area contributed by atoms with Crippen LogP contribution in [0.25, 0.3) is 0 Å². The molecule has 1 aromatic heterocycles. The van der Waals surface area contributed by atoms with Gasteiger partial charge in [-0.25, -0.2) is 0 Å². The molecule has 70 valence electrons. The fourth-order valence-corrected chi connectivity index (χ4v) is 1.42. The van der Waals surface area contributed by atoms with Gasteiger partial charge < -0.3 is 5.32 Å². The van der Waals surface area contributed by atoms with E-state index in [4.69, 9.17) is 0 Å². The predicted molar refractivity (Wildman–Crippen MR) is 53.1 cm³/mol. The van der Waals surface area contributed by atoms with Crippen molar-refractivity contribution in [1.29, 1.82) is 0 Å². The number of aromatic nitrogens is 2. The van der Waals surface area contributed by atoms with E-state index in [0.29, 0.717) is 0 Å². The number of hydrogen-bond donors (Lipinski definition) is 1. The van der Waals surface area contributed by atoms with Crippen molar-refractivity contribution in [2.45, 2.75) is 19.8 Å². The molecule has 4 heteroatoms. The van der Waals surface area contributed by atoms with Crippen molar-refractivity contribution < 1.29 is 0 Å². The second-order valence-electron chi connectivity index (χ2n) is 3.32. The molecular formula is C9H14N4. The molecule has 0 atom stereocenters. The average molecular weight is 178 g/mol. The van der Waals surface area contributed by atoms with Gasteiger partial charge in [0.25, 0.3) is 0 Å². The fraction of sp³-hybridized carbons (Fsp3) is 0.556. The Morgan fingerprint density at radius 1 is 1.54 bits per heavy atom. The van der Waals surface area contributed by atoms with Gasteiger partial charge in [-0.2, -0.15) is 5.10 Å². The quantitative estimate of drug-likeness (QED) is 0.705. The molecule has 1 aromatic rings. The number of nitrogens with zero attached hydrogens (tertiary/aromatic N) is 3. The first kappa shape index (κ1) is 8.29. The number of hydrogen-bond acceptors (Lipinski definition) is 3. The molecule has 0 aliphatic carbocycles. The highest BCUT2D eigenvalue weighted by Crippen LogP contribution is 2.14. The van der Waals surface area contributed by atoms with Crippen LogP contribution in [-0.4, -0.2) is 22.2 Å². The third-order valence-electron chi connectivity index (χ3n) is 2.39. The number of aryl methyl sites for hydroxylation is 1. The maximum atomic E-state index is 4.35. The van der Waals surface area contributed by atoms with Crippen molar-refractivity contribution >= 4 is 11.5 Å². The topological polar surface area (TPSA) is 42.2 Å². The van der Waals surface area contributed by atoms with Crippen molar-refractivity contribution in [2.75, 3.05) is 11.9 Å². The molecule has 0 radical (unpaired) electrons. The second-order valence-corrected chi connectivity index (χ2v) is 3.32. The van der Waals surface area contributed by atoms with Crippen molar-refractivity contribution in [3.8, 4) is 0 Å². The third kappa shape index (κ3) is 1.56. The molecule has 4 nitrogen and oxygen atoms in total. The summed E-state index contributed by atoms with van der Waals surface area (Å²) in [5.41, 5.74) is 2.22. The van der Waals surface area contributed by atoms with E-state index < -0.39 is 0 Å². The monoisotopic (exact) mass is 178 g/mol. The van der Waals surface area contributed by atoms with E-state index in [2.05, 4.69) is 15.4 Å². The van der Waals surface area contributed by atoms with Crippen LogP contribution in [-0.2, 0) is 7.05 Å². The van der Waals surface area contributed by atoms with Crippen LogP contribution in [0.1, 0.15) is 18.5 Å². The summed E-state index contributed by atoms with van der Waals surface area (Å²) in [7, 11) is 1.94. The summed E-state index contributed by atoms with van der Waals surface area (Å²) in [4.78, 5) is 4.35. The summed E-state index contributed by atoms with van der Waals surface area (Å²) in [6.45, 7) is 3.01.